The summed E-state index contributed by atoms with van der Waals surface area (Å²) in [4.78, 5) is 4.40. The number of hydrogen-bond acceptors (Lipinski definition) is 3. The SMILES string of the molecule is ClC1=C(C=Nc2ccccc2)CO/C1=C\Nc1ccccc1. The van der Waals surface area contributed by atoms with Crippen molar-refractivity contribution >= 4 is 29.2 Å². The van der Waals surface area contributed by atoms with E-state index >= 15 is 0 Å². The van der Waals surface area contributed by atoms with Gasteiger partial charge in [0.1, 0.15) is 6.61 Å². The van der Waals surface area contributed by atoms with E-state index in [1.807, 2.05) is 60.7 Å². The Bertz CT molecular complexity index is 721. The number of para-hydroxylation sites is 2. The Hall–Kier alpha value is -2.52. The highest BCUT2D eigenvalue weighted by molar-refractivity contribution is 6.33. The first-order valence-corrected chi connectivity index (χ1v) is 7.33. The minimum Gasteiger partial charge on any atom is -0.486 e. The predicted octanol–water partition coefficient (Wildman–Crippen LogP) is 4.87. The summed E-state index contributed by atoms with van der Waals surface area (Å²) in [5, 5.41) is 3.75. The van der Waals surface area contributed by atoms with Crippen molar-refractivity contribution in [2.24, 2.45) is 4.99 Å². The fourth-order valence-electron chi connectivity index (χ4n) is 1.99. The normalized spacial score (nSPS) is 16.3. The van der Waals surface area contributed by atoms with Gasteiger partial charge in [0, 0.05) is 23.7 Å². The van der Waals surface area contributed by atoms with Crippen molar-refractivity contribution in [3.63, 3.8) is 0 Å². The van der Waals surface area contributed by atoms with Gasteiger partial charge in [-0.1, -0.05) is 48.0 Å². The van der Waals surface area contributed by atoms with Gasteiger partial charge in [-0.25, -0.2) is 0 Å². The van der Waals surface area contributed by atoms with Crippen LogP contribution in [0.1, 0.15) is 0 Å². The lowest BCUT2D eigenvalue weighted by molar-refractivity contribution is 0.275. The largest absolute Gasteiger partial charge is 0.486 e. The minimum absolute atomic E-state index is 0.428. The average molecular weight is 311 g/mol. The van der Waals surface area contributed by atoms with Crippen LogP contribution in [0.5, 0.6) is 0 Å². The molecule has 0 atom stereocenters. The Balaban J connectivity index is 1.71. The fraction of sp³-hybridized carbons (Fsp3) is 0.0556. The number of aliphatic imine (C=N–C) groups is 1. The van der Waals surface area contributed by atoms with E-state index in [9.17, 15) is 0 Å². The number of rotatable bonds is 4. The van der Waals surface area contributed by atoms with Crippen molar-refractivity contribution in [2.75, 3.05) is 11.9 Å². The van der Waals surface area contributed by atoms with E-state index in [1.54, 1.807) is 12.4 Å². The lowest BCUT2D eigenvalue weighted by Crippen LogP contribution is -1.92. The minimum atomic E-state index is 0.428. The zero-order valence-electron chi connectivity index (χ0n) is 11.9. The number of allylic oxidation sites excluding steroid dienone is 1. The van der Waals surface area contributed by atoms with Crippen LogP contribution < -0.4 is 5.32 Å². The molecule has 0 fully saturated rings. The highest BCUT2D eigenvalue weighted by Crippen LogP contribution is 2.27. The average Bonchev–Trinajstić information content (AvgIpc) is 2.93. The Kier molecular flexibility index (Phi) is 4.56. The van der Waals surface area contributed by atoms with Gasteiger partial charge in [-0.05, 0) is 24.3 Å². The molecule has 110 valence electrons. The Labute approximate surface area is 134 Å². The molecule has 3 nitrogen and oxygen atoms in total. The lowest BCUT2D eigenvalue weighted by atomic mass is 10.3. The topological polar surface area (TPSA) is 33.6 Å². The molecule has 0 radical (unpaired) electrons. The van der Waals surface area contributed by atoms with Crippen molar-refractivity contribution in [3.8, 4) is 0 Å². The van der Waals surface area contributed by atoms with E-state index < -0.39 is 0 Å². The first-order chi connectivity index (χ1) is 10.8. The molecule has 0 spiro atoms. The summed E-state index contributed by atoms with van der Waals surface area (Å²) in [5.41, 5.74) is 2.74. The zero-order chi connectivity index (χ0) is 15.2. The molecule has 2 aromatic rings. The molecule has 3 rings (SSSR count). The summed E-state index contributed by atoms with van der Waals surface area (Å²) in [5.74, 6) is 0.625. The molecule has 0 saturated carbocycles. The summed E-state index contributed by atoms with van der Waals surface area (Å²) in [6, 6.07) is 19.6. The molecule has 0 saturated heterocycles. The van der Waals surface area contributed by atoms with Crippen LogP contribution >= 0.6 is 11.6 Å². The van der Waals surface area contributed by atoms with Gasteiger partial charge in [0.2, 0.25) is 0 Å². The first-order valence-electron chi connectivity index (χ1n) is 6.95. The van der Waals surface area contributed by atoms with Crippen LogP contribution in [0.25, 0.3) is 0 Å². The molecule has 0 unspecified atom stereocenters. The van der Waals surface area contributed by atoms with Gasteiger partial charge < -0.3 is 10.1 Å². The summed E-state index contributed by atoms with van der Waals surface area (Å²) < 4.78 is 5.59. The summed E-state index contributed by atoms with van der Waals surface area (Å²) >= 11 is 6.33. The van der Waals surface area contributed by atoms with Gasteiger partial charge >= 0.3 is 0 Å². The van der Waals surface area contributed by atoms with Gasteiger partial charge in [-0.15, -0.1) is 0 Å². The van der Waals surface area contributed by atoms with Crippen molar-refractivity contribution in [1.29, 1.82) is 0 Å². The second kappa shape index (κ2) is 6.96. The molecular weight excluding hydrogens is 296 g/mol. The summed E-state index contributed by atoms with van der Waals surface area (Å²) in [6.07, 6.45) is 3.52. The monoisotopic (exact) mass is 310 g/mol. The standard InChI is InChI=1S/C18H15ClN2O/c19-18-14(11-20-15-7-3-1-4-8-15)13-22-17(18)12-21-16-9-5-2-6-10-16/h1-12,21H,13H2/b17-12-,20-11?. The van der Waals surface area contributed by atoms with E-state index in [0.717, 1.165) is 16.9 Å². The zero-order valence-corrected chi connectivity index (χ0v) is 12.6. The second-order valence-electron chi connectivity index (χ2n) is 4.74. The molecule has 1 aliphatic rings. The third-order valence-corrected chi connectivity index (χ3v) is 3.58. The van der Waals surface area contributed by atoms with Gasteiger partial charge in [-0.2, -0.15) is 0 Å². The summed E-state index contributed by atoms with van der Waals surface area (Å²) in [6.45, 7) is 0.428. The van der Waals surface area contributed by atoms with Gasteiger partial charge in [0.15, 0.2) is 5.76 Å². The van der Waals surface area contributed by atoms with Crippen LogP contribution in [0.2, 0.25) is 0 Å². The molecule has 22 heavy (non-hydrogen) atoms. The Morgan fingerprint density at radius 3 is 2.41 bits per heavy atom. The molecule has 2 aromatic carbocycles. The number of nitrogens with zero attached hydrogens (tertiary/aromatic N) is 1. The number of anilines is 1. The van der Waals surface area contributed by atoms with Crippen molar-refractivity contribution in [3.05, 3.63) is 83.2 Å². The quantitative estimate of drug-likeness (QED) is 0.818. The maximum absolute atomic E-state index is 6.33. The van der Waals surface area contributed by atoms with Crippen LogP contribution in [0.4, 0.5) is 11.4 Å². The number of ether oxygens (including phenoxy) is 1. The van der Waals surface area contributed by atoms with Crippen molar-refractivity contribution < 1.29 is 4.74 Å². The van der Waals surface area contributed by atoms with Gasteiger partial charge in [0.25, 0.3) is 0 Å². The van der Waals surface area contributed by atoms with Gasteiger partial charge in [-0.3, -0.25) is 4.99 Å². The molecule has 1 aliphatic heterocycles. The number of hydrogen-bond donors (Lipinski definition) is 1. The molecule has 4 heteroatoms. The smallest absolute Gasteiger partial charge is 0.154 e. The fourth-order valence-corrected chi connectivity index (χ4v) is 2.20. The molecular formula is C18H15ClN2O. The Morgan fingerprint density at radius 2 is 1.68 bits per heavy atom. The highest BCUT2D eigenvalue weighted by atomic mass is 35.5. The van der Waals surface area contributed by atoms with Crippen LogP contribution in [0, 0.1) is 0 Å². The van der Waals surface area contributed by atoms with E-state index in [1.165, 1.54) is 0 Å². The van der Waals surface area contributed by atoms with E-state index in [2.05, 4.69) is 10.3 Å². The lowest BCUT2D eigenvalue weighted by Gasteiger charge is -2.02. The second-order valence-corrected chi connectivity index (χ2v) is 5.12. The predicted molar refractivity (Wildman–Crippen MR) is 91.6 cm³/mol. The van der Waals surface area contributed by atoms with Crippen molar-refractivity contribution in [2.45, 2.75) is 0 Å². The van der Waals surface area contributed by atoms with Gasteiger partial charge in [0.05, 0.1) is 10.7 Å². The van der Waals surface area contributed by atoms with Crippen LogP contribution in [0.15, 0.2) is 88.2 Å². The van der Waals surface area contributed by atoms with Crippen LogP contribution in [0.3, 0.4) is 0 Å². The molecule has 1 N–H and O–H groups in total. The molecule has 0 aromatic heterocycles. The molecule has 1 heterocycles. The maximum atomic E-state index is 6.33. The van der Waals surface area contributed by atoms with E-state index in [-0.39, 0.29) is 0 Å². The maximum Gasteiger partial charge on any atom is 0.154 e. The van der Waals surface area contributed by atoms with E-state index in [0.29, 0.717) is 17.4 Å². The van der Waals surface area contributed by atoms with E-state index in [4.69, 9.17) is 16.3 Å². The highest BCUT2D eigenvalue weighted by Gasteiger charge is 2.18. The Morgan fingerprint density at radius 1 is 1.00 bits per heavy atom. The number of nitrogens with one attached hydrogen (secondary N) is 1. The van der Waals surface area contributed by atoms with Crippen LogP contribution in [-0.4, -0.2) is 12.8 Å². The molecule has 0 bridgehead atoms. The van der Waals surface area contributed by atoms with Crippen LogP contribution in [-0.2, 0) is 4.74 Å². The molecule has 0 amide bonds. The summed E-state index contributed by atoms with van der Waals surface area (Å²) in [7, 11) is 0. The first kappa shape index (κ1) is 14.4. The van der Waals surface area contributed by atoms with Crippen molar-refractivity contribution in [1.82, 2.24) is 0 Å². The third kappa shape index (κ3) is 3.57. The number of halogens is 1. The number of benzene rings is 2. The third-order valence-electron chi connectivity index (χ3n) is 3.15. The molecule has 0 aliphatic carbocycles.